The maximum absolute atomic E-state index is 12.5. The van der Waals surface area contributed by atoms with Crippen molar-refractivity contribution in [2.45, 2.75) is 77.4 Å². The highest BCUT2D eigenvalue weighted by molar-refractivity contribution is 5.91. The van der Waals surface area contributed by atoms with Gasteiger partial charge in [-0.25, -0.2) is 0 Å². The molecule has 3 heteroatoms. The Labute approximate surface area is 133 Å². The van der Waals surface area contributed by atoms with Gasteiger partial charge in [0.2, 0.25) is 0 Å². The van der Waals surface area contributed by atoms with Crippen LogP contribution in [0.5, 0.6) is 0 Å². The van der Waals surface area contributed by atoms with Crippen molar-refractivity contribution in [1.29, 1.82) is 0 Å². The van der Waals surface area contributed by atoms with E-state index in [0.717, 1.165) is 32.1 Å². The summed E-state index contributed by atoms with van der Waals surface area (Å²) in [5.41, 5.74) is 0.0814. The maximum atomic E-state index is 12.5. The Balaban J connectivity index is 1.64. The number of hydrogen-bond acceptors (Lipinski definition) is 3. The van der Waals surface area contributed by atoms with Gasteiger partial charge in [-0.1, -0.05) is 13.8 Å². The van der Waals surface area contributed by atoms with Gasteiger partial charge in [-0.05, 0) is 80.5 Å². The highest BCUT2D eigenvalue weighted by Crippen LogP contribution is 2.65. The topological polar surface area (TPSA) is 57.5 Å². The molecule has 22 heavy (non-hydrogen) atoms. The Hall–Kier alpha value is -0.410. The zero-order chi connectivity index (χ0) is 15.7. The first kappa shape index (κ1) is 15.1. The van der Waals surface area contributed by atoms with E-state index in [1.54, 1.807) is 0 Å². The zero-order valence-electron chi connectivity index (χ0n) is 13.9. The number of carbonyl (C=O) groups excluding carboxylic acids is 1. The number of rotatable bonds is 0. The van der Waals surface area contributed by atoms with E-state index in [4.69, 9.17) is 0 Å². The van der Waals surface area contributed by atoms with Crippen molar-refractivity contribution in [3.8, 4) is 0 Å². The van der Waals surface area contributed by atoms with E-state index < -0.39 is 6.10 Å². The minimum atomic E-state index is -0.715. The molecule has 0 spiro atoms. The van der Waals surface area contributed by atoms with Crippen LogP contribution in [0.4, 0.5) is 0 Å². The smallest absolute Gasteiger partial charge is 0.167 e. The van der Waals surface area contributed by atoms with Gasteiger partial charge in [0, 0.05) is 5.41 Å². The molecule has 124 valence electrons. The Morgan fingerprint density at radius 3 is 2.50 bits per heavy atom. The van der Waals surface area contributed by atoms with Gasteiger partial charge < -0.3 is 10.2 Å². The Morgan fingerprint density at radius 2 is 1.73 bits per heavy atom. The summed E-state index contributed by atoms with van der Waals surface area (Å²) in [6.07, 6.45) is 7.43. The molecule has 4 aliphatic rings. The molecule has 0 aromatic rings. The summed E-state index contributed by atoms with van der Waals surface area (Å²) >= 11 is 0. The van der Waals surface area contributed by atoms with Gasteiger partial charge in [-0.3, -0.25) is 4.79 Å². The summed E-state index contributed by atoms with van der Waals surface area (Å²) < 4.78 is 0. The lowest BCUT2D eigenvalue weighted by atomic mass is 9.45. The van der Waals surface area contributed by atoms with Crippen LogP contribution in [-0.2, 0) is 4.79 Å². The van der Waals surface area contributed by atoms with Gasteiger partial charge in [0.1, 0.15) is 6.10 Å². The van der Waals surface area contributed by atoms with Gasteiger partial charge in [-0.15, -0.1) is 0 Å². The Bertz CT molecular complexity index is 489. The van der Waals surface area contributed by atoms with Crippen LogP contribution in [0.2, 0.25) is 0 Å². The van der Waals surface area contributed by atoms with Crippen LogP contribution in [0.1, 0.15) is 65.2 Å². The normalized spacial score (nSPS) is 57.9. The van der Waals surface area contributed by atoms with Crippen molar-refractivity contribution in [1.82, 2.24) is 0 Å². The van der Waals surface area contributed by atoms with Gasteiger partial charge >= 0.3 is 0 Å². The lowest BCUT2D eigenvalue weighted by molar-refractivity contribution is -0.144. The van der Waals surface area contributed by atoms with Crippen molar-refractivity contribution in [3.63, 3.8) is 0 Å². The molecule has 0 radical (unpaired) electrons. The summed E-state index contributed by atoms with van der Waals surface area (Å²) in [6.45, 7) is 4.57. The number of ketones is 1. The molecule has 0 heterocycles. The van der Waals surface area contributed by atoms with E-state index in [1.807, 2.05) is 0 Å². The number of aliphatic hydroxyl groups excluding tert-OH is 2. The van der Waals surface area contributed by atoms with Gasteiger partial charge in [-0.2, -0.15) is 0 Å². The number of aliphatic hydroxyl groups is 2. The van der Waals surface area contributed by atoms with Crippen LogP contribution in [0, 0.1) is 34.5 Å². The van der Waals surface area contributed by atoms with Crippen molar-refractivity contribution < 1.29 is 15.0 Å². The minimum absolute atomic E-state index is 0.0987. The summed E-state index contributed by atoms with van der Waals surface area (Å²) in [7, 11) is 0. The SMILES string of the molecule is C[C@]12CC[C@@H](O)C[C@H]1CC[C@@H]1[C@@H]2CC[C@]2(C)C(=O)[C@@H](O)C[C@@H]12. The molecule has 0 unspecified atom stereocenters. The monoisotopic (exact) mass is 306 g/mol. The van der Waals surface area contributed by atoms with Gasteiger partial charge in [0.05, 0.1) is 6.10 Å². The summed E-state index contributed by atoms with van der Waals surface area (Å²) in [5, 5.41) is 20.2. The second-order valence-electron chi connectivity index (χ2n) is 9.16. The summed E-state index contributed by atoms with van der Waals surface area (Å²) in [4.78, 5) is 12.5. The molecule has 0 saturated heterocycles. The van der Waals surface area contributed by atoms with E-state index in [1.165, 1.54) is 12.8 Å². The predicted molar refractivity (Wildman–Crippen MR) is 84.1 cm³/mol. The van der Waals surface area contributed by atoms with Crippen molar-refractivity contribution in [3.05, 3.63) is 0 Å². The number of Topliss-reactive ketones (excluding diaryl/α,β-unsaturated/α-hetero) is 1. The second-order valence-corrected chi connectivity index (χ2v) is 9.16. The molecule has 2 N–H and O–H groups in total. The standard InChI is InChI=1S/C19H30O3/c1-18-7-5-12(20)9-11(18)3-4-13-14(18)6-8-19(2)15(13)10-16(21)17(19)22/h11-16,20-21H,3-10H2,1-2H3/t11-,12-,13-,14+,15+,16+,18+,19+/m1/s1. The highest BCUT2D eigenvalue weighted by Gasteiger charge is 2.62. The van der Waals surface area contributed by atoms with Crippen LogP contribution >= 0.6 is 0 Å². The maximum Gasteiger partial charge on any atom is 0.167 e. The first-order valence-electron chi connectivity index (χ1n) is 9.26. The molecule has 0 aliphatic heterocycles. The minimum Gasteiger partial charge on any atom is -0.393 e. The molecular weight excluding hydrogens is 276 g/mol. The first-order chi connectivity index (χ1) is 10.4. The molecular formula is C19H30O3. The van der Waals surface area contributed by atoms with E-state index in [2.05, 4.69) is 13.8 Å². The second kappa shape index (κ2) is 4.80. The van der Waals surface area contributed by atoms with E-state index in [9.17, 15) is 15.0 Å². The third-order valence-corrected chi connectivity index (χ3v) is 8.37. The van der Waals surface area contributed by atoms with E-state index in [-0.39, 0.29) is 17.3 Å². The quantitative estimate of drug-likeness (QED) is 0.723. The average molecular weight is 306 g/mol. The fraction of sp³-hybridized carbons (Fsp3) is 0.947. The average Bonchev–Trinajstić information content (AvgIpc) is 2.72. The van der Waals surface area contributed by atoms with Crippen LogP contribution in [0.25, 0.3) is 0 Å². The van der Waals surface area contributed by atoms with Crippen molar-refractivity contribution >= 4 is 5.78 Å². The predicted octanol–water partition coefficient (Wildman–Crippen LogP) is 2.93. The van der Waals surface area contributed by atoms with Gasteiger partial charge in [0.15, 0.2) is 5.78 Å². The fourth-order valence-corrected chi connectivity index (χ4v) is 7.02. The highest BCUT2D eigenvalue weighted by atomic mass is 16.3. The fourth-order valence-electron chi connectivity index (χ4n) is 7.02. The zero-order valence-corrected chi connectivity index (χ0v) is 13.9. The summed E-state index contributed by atoms with van der Waals surface area (Å²) in [6, 6.07) is 0. The van der Waals surface area contributed by atoms with Crippen molar-refractivity contribution in [2.24, 2.45) is 34.5 Å². The Morgan fingerprint density at radius 1 is 0.955 bits per heavy atom. The van der Waals surface area contributed by atoms with Crippen LogP contribution in [0.15, 0.2) is 0 Å². The first-order valence-corrected chi connectivity index (χ1v) is 9.26. The van der Waals surface area contributed by atoms with E-state index in [0.29, 0.717) is 35.5 Å². The molecule has 0 aromatic heterocycles. The van der Waals surface area contributed by atoms with Crippen LogP contribution in [-0.4, -0.2) is 28.2 Å². The molecule has 4 aliphatic carbocycles. The van der Waals surface area contributed by atoms with Crippen LogP contribution < -0.4 is 0 Å². The third kappa shape index (κ3) is 1.84. The largest absolute Gasteiger partial charge is 0.393 e. The Kier molecular flexibility index (Phi) is 3.30. The van der Waals surface area contributed by atoms with Gasteiger partial charge in [0.25, 0.3) is 0 Å². The van der Waals surface area contributed by atoms with E-state index >= 15 is 0 Å². The number of fused-ring (bicyclic) bond motifs is 5. The lowest BCUT2D eigenvalue weighted by Gasteiger charge is -2.59. The molecule has 0 bridgehead atoms. The van der Waals surface area contributed by atoms with Crippen molar-refractivity contribution in [2.75, 3.05) is 0 Å². The third-order valence-electron chi connectivity index (χ3n) is 8.37. The lowest BCUT2D eigenvalue weighted by Crippen LogP contribution is -2.54. The molecule has 4 saturated carbocycles. The number of hydrogen-bond donors (Lipinski definition) is 2. The molecule has 3 nitrogen and oxygen atoms in total. The molecule has 0 aromatic carbocycles. The molecule has 8 atom stereocenters. The molecule has 0 amide bonds. The molecule has 4 fully saturated rings. The molecule has 4 rings (SSSR count). The summed E-state index contributed by atoms with van der Waals surface area (Å²) in [5.74, 6) is 2.45. The van der Waals surface area contributed by atoms with Crippen LogP contribution in [0.3, 0.4) is 0 Å². The number of carbonyl (C=O) groups is 1.